The number of nitrogens with zero attached hydrogens (tertiary/aromatic N) is 2. The number of benzene rings is 8. The number of hydrogen-bond acceptors (Lipinski definition) is 1. The first-order valence-corrected chi connectivity index (χ1v) is 17.1. The topological polar surface area (TPSA) is 9.86 Å². The van der Waals surface area contributed by atoms with Crippen molar-refractivity contribution < 1.29 is 19.2 Å². The van der Waals surface area contributed by atoms with Gasteiger partial charge in [-0.1, -0.05) is 115 Å². The molecule has 2 nitrogen and oxygen atoms in total. The van der Waals surface area contributed by atoms with Gasteiger partial charge in [-0.3, -0.25) is 0 Å². The van der Waals surface area contributed by atoms with Crippen LogP contribution in [0.1, 0.15) is 19.2 Å². The predicted octanol–water partition coefficient (Wildman–Crippen LogP) is 13.6. The van der Waals surface area contributed by atoms with Crippen molar-refractivity contribution in [2.45, 2.75) is 0 Å². The fourth-order valence-electron chi connectivity index (χ4n) is 7.08. The molecular weight excluding hydrogens is 637 g/mol. The van der Waals surface area contributed by atoms with Gasteiger partial charge in [0.15, 0.2) is 0 Å². The van der Waals surface area contributed by atoms with Crippen LogP contribution in [0.15, 0.2) is 182 Å². The lowest BCUT2D eigenvalue weighted by atomic mass is 10.0. The van der Waals surface area contributed by atoms with Crippen molar-refractivity contribution in [1.29, 1.82) is 0 Å². The molecule has 11 rings (SSSR count). The molecule has 0 amide bonds. The largest absolute Gasteiger partial charge is 0.309 e. The molecule has 0 aliphatic carbocycles. The second kappa shape index (κ2) is 11.0. The zero-order valence-corrected chi connectivity index (χ0v) is 27.4. The molecule has 0 bridgehead atoms. The fourth-order valence-corrected chi connectivity index (χ4v) is 8.22. The summed E-state index contributed by atoms with van der Waals surface area (Å²) >= 11 is 1.52. The molecule has 3 heteroatoms. The second-order valence-corrected chi connectivity index (χ2v) is 13.3. The quantitative estimate of drug-likeness (QED) is 0.175. The van der Waals surface area contributed by atoms with Gasteiger partial charge in [-0.15, -0.1) is 11.3 Å². The Labute approximate surface area is 318 Å². The minimum Gasteiger partial charge on any atom is -0.309 e. The van der Waals surface area contributed by atoms with Crippen molar-refractivity contribution in [3.8, 4) is 33.6 Å². The van der Waals surface area contributed by atoms with E-state index in [-0.39, 0.29) is 43.6 Å². The van der Waals surface area contributed by atoms with Gasteiger partial charge in [0.2, 0.25) is 0 Å². The van der Waals surface area contributed by atoms with Crippen LogP contribution in [-0.2, 0) is 0 Å². The molecule has 3 heterocycles. The van der Waals surface area contributed by atoms with E-state index in [0.717, 1.165) is 31.3 Å². The van der Waals surface area contributed by atoms with Gasteiger partial charge < -0.3 is 9.13 Å². The second-order valence-electron chi connectivity index (χ2n) is 12.3. The first kappa shape index (κ1) is 18.0. The van der Waals surface area contributed by atoms with Gasteiger partial charge in [0.25, 0.3) is 0 Å². The van der Waals surface area contributed by atoms with E-state index in [2.05, 4.69) is 0 Å². The van der Waals surface area contributed by atoms with Gasteiger partial charge in [-0.25, -0.2) is 0 Å². The highest BCUT2D eigenvalue weighted by molar-refractivity contribution is 7.25. The summed E-state index contributed by atoms with van der Waals surface area (Å²) in [5.41, 5.74) is 1.58. The van der Waals surface area contributed by atoms with Crippen LogP contribution in [0.2, 0.25) is 0 Å². The molecule has 0 N–H and O–H groups in total. The van der Waals surface area contributed by atoms with Crippen LogP contribution in [-0.4, -0.2) is 9.13 Å². The van der Waals surface area contributed by atoms with Crippen LogP contribution in [0.25, 0.3) is 97.4 Å². The van der Waals surface area contributed by atoms with Gasteiger partial charge in [0.1, 0.15) is 0 Å². The lowest BCUT2D eigenvalue weighted by molar-refractivity contribution is 1.18. The lowest BCUT2D eigenvalue weighted by Crippen LogP contribution is -1.94. The van der Waals surface area contributed by atoms with E-state index in [1.165, 1.54) is 20.5 Å². The zero-order valence-electron chi connectivity index (χ0n) is 40.5. The third-order valence-corrected chi connectivity index (χ3v) is 10.6. The molecule has 0 aliphatic heterocycles. The van der Waals surface area contributed by atoms with Crippen LogP contribution in [0.4, 0.5) is 0 Å². The summed E-state index contributed by atoms with van der Waals surface area (Å²) in [6.07, 6.45) is 0. The third-order valence-electron chi connectivity index (χ3n) is 9.42. The molecule has 11 aromatic rings. The van der Waals surface area contributed by atoms with Crippen LogP contribution < -0.4 is 0 Å². The molecule has 238 valence electrons. The summed E-state index contributed by atoms with van der Waals surface area (Å²) in [5.74, 6) is 0. The SMILES string of the molecule is [2H]c1c([2H])c([2H])c2c(c1[2H])c1c([2H])c(-c3c([2H])c([2H])c4c(c3[2H])c3c([2H])c([2H])c([2H])c([2H])c3n4-c3ccc4c(c3)sc3ccccc34)c([2H])c([2H])c1n2-c1ccc(-c2ccccc2)cc1. The van der Waals surface area contributed by atoms with E-state index in [1.54, 1.807) is 18.2 Å². The first-order valence-electron chi connectivity index (χ1n) is 23.3. The molecule has 0 fully saturated rings. The monoisotopic (exact) mass is 680 g/mol. The van der Waals surface area contributed by atoms with Crippen molar-refractivity contribution in [2.24, 2.45) is 0 Å². The van der Waals surface area contributed by atoms with E-state index >= 15 is 0 Å². The Bertz CT molecular complexity index is 3930. The third kappa shape index (κ3) is 4.35. The van der Waals surface area contributed by atoms with E-state index in [4.69, 9.17) is 11.0 Å². The molecule has 0 aliphatic rings. The van der Waals surface area contributed by atoms with Crippen LogP contribution in [0, 0.1) is 0 Å². The van der Waals surface area contributed by atoms with Crippen molar-refractivity contribution in [2.75, 3.05) is 0 Å². The molecule has 0 radical (unpaired) electrons. The molecule has 0 atom stereocenters. The van der Waals surface area contributed by atoms with Gasteiger partial charge in [0, 0.05) is 53.1 Å². The molecule has 0 spiro atoms. The Morgan fingerprint density at radius 1 is 0.373 bits per heavy atom. The van der Waals surface area contributed by atoms with E-state index in [0.29, 0.717) is 11.4 Å². The smallest absolute Gasteiger partial charge is 0.0645 e. The summed E-state index contributed by atoms with van der Waals surface area (Å²) in [4.78, 5) is 0. The molecule has 51 heavy (non-hydrogen) atoms. The molecule has 0 saturated carbocycles. The Balaban J connectivity index is 1.25. The van der Waals surface area contributed by atoms with Gasteiger partial charge in [0.05, 0.1) is 41.3 Å². The normalized spacial score (nSPS) is 15.8. The Morgan fingerprint density at radius 3 is 1.59 bits per heavy atom. The fraction of sp³-hybridized carbons (Fsp3) is 0. The van der Waals surface area contributed by atoms with Crippen molar-refractivity contribution >= 4 is 75.1 Å². The average molecular weight is 681 g/mol. The first-order chi connectivity index (χ1) is 31.1. The molecule has 8 aromatic carbocycles. The summed E-state index contributed by atoms with van der Waals surface area (Å²) in [5, 5.41) is 1.53. The highest BCUT2D eigenvalue weighted by Gasteiger charge is 2.17. The summed E-state index contributed by atoms with van der Waals surface area (Å²) < 4.78 is 134. The molecule has 0 saturated heterocycles. The van der Waals surface area contributed by atoms with Gasteiger partial charge in [-0.2, -0.15) is 0 Å². The summed E-state index contributed by atoms with van der Waals surface area (Å²) in [6, 6.07) is 22.7. The van der Waals surface area contributed by atoms with Crippen molar-refractivity contribution in [1.82, 2.24) is 9.13 Å². The minimum atomic E-state index is -0.607. The number of fused-ring (bicyclic) bond motifs is 9. The Hall–Kier alpha value is -6.42. The van der Waals surface area contributed by atoms with Crippen molar-refractivity contribution in [3.05, 3.63) is 182 Å². The molecule has 3 aromatic heterocycles. The summed E-state index contributed by atoms with van der Waals surface area (Å²) in [6.45, 7) is 0. The number of thiophene rings is 1. The average Bonchev–Trinajstić information content (AvgIpc) is 4.00. The van der Waals surface area contributed by atoms with E-state index in [9.17, 15) is 8.22 Å². The highest BCUT2D eigenvalue weighted by Crippen LogP contribution is 2.40. The standard InChI is InChI=1S/C48H30N2S/c1-2-10-31(11-3-1)32-18-22-35(23-19-32)49-43-15-7-4-12-37(43)41-28-33(20-26-45(41)49)34-21-27-46-42(29-34)38-13-5-8-16-44(38)50(46)36-24-25-40-39-14-6-9-17-47(39)51-48(40)30-36/h1-30H/i4D,5D,7D,8D,12D,13D,15D,16D,20D,21D,26D,27D,28D,29D. The Kier molecular flexibility index (Phi) is 3.90. The highest BCUT2D eigenvalue weighted by atomic mass is 32.1. The van der Waals surface area contributed by atoms with Crippen molar-refractivity contribution in [3.63, 3.8) is 0 Å². The van der Waals surface area contributed by atoms with Gasteiger partial charge >= 0.3 is 0 Å². The van der Waals surface area contributed by atoms with Crippen LogP contribution in [0.5, 0.6) is 0 Å². The maximum atomic E-state index is 9.85. The maximum Gasteiger partial charge on any atom is 0.0645 e. The van der Waals surface area contributed by atoms with E-state index < -0.39 is 95.7 Å². The molecule has 0 unspecified atom stereocenters. The number of para-hydroxylation sites is 2. The minimum absolute atomic E-state index is 0.0313. The zero-order chi connectivity index (χ0) is 45.7. The number of rotatable bonds is 4. The van der Waals surface area contributed by atoms with Crippen LogP contribution in [0.3, 0.4) is 0 Å². The Morgan fingerprint density at radius 2 is 0.902 bits per heavy atom. The lowest BCUT2D eigenvalue weighted by Gasteiger charge is -2.10. The summed E-state index contributed by atoms with van der Waals surface area (Å²) in [7, 11) is 0. The predicted molar refractivity (Wildman–Crippen MR) is 219 cm³/mol. The van der Waals surface area contributed by atoms with Crippen LogP contribution >= 0.6 is 11.3 Å². The van der Waals surface area contributed by atoms with Gasteiger partial charge in [-0.05, 0) is 88.8 Å². The number of aromatic nitrogens is 2. The van der Waals surface area contributed by atoms with E-state index in [1.807, 2.05) is 78.9 Å². The molecular formula is C48H30N2S. The number of hydrogen-bond donors (Lipinski definition) is 0. The maximum absolute atomic E-state index is 9.85.